The summed E-state index contributed by atoms with van der Waals surface area (Å²) in [5.74, 6) is 0.434. The van der Waals surface area contributed by atoms with Crippen LogP contribution in [0, 0.1) is 5.92 Å². The third kappa shape index (κ3) is 13.1. The Morgan fingerprint density at radius 3 is 2.77 bits per heavy atom. The normalized spacial score (nSPS) is 17.9. The zero-order valence-corrected chi connectivity index (χ0v) is 23.9. The molecule has 0 amide bonds. The van der Waals surface area contributed by atoms with Crippen LogP contribution in [-0.2, 0) is 0 Å². The molecule has 0 aromatic heterocycles. The van der Waals surface area contributed by atoms with Crippen molar-refractivity contribution >= 4 is 11.6 Å². The number of nitrogens with two attached hydrogens (primary N) is 1. The molecule has 8 heteroatoms. The van der Waals surface area contributed by atoms with Gasteiger partial charge < -0.3 is 32.1 Å². The first-order valence-electron chi connectivity index (χ1n) is 14.2. The van der Waals surface area contributed by atoms with Crippen molar-refractivity contribution in [1.82, 2.24) is 26.2 Å². The summed E-state index contributed by atoms with van der Waals surface area (Å²) in [6, 6.07) is 7.42. The second kappa shape index (κ2) is 19.0. The molecule has 1 aliphatic heterocycles. The minimum absolute atomic E-state index is 0.434. The number of nitrogens with one attached hydrogen (secondary N) is 4. The highest BCUT2D eigenvalue weighted by Gasteiger charge is 2.13. The van der Waals surface area contributed by atoms with Crippen LogP contribution in [0.15, 0.2) is 84.1 Å². The quantitative estimate of drug-likeness (QED) is 0.116. The fraction of sp³-hybridized carbons (Fsp3) is 0.484. The Bertz CT molecular complexity index is 989. The maximum Gasteiger partial charge on any atom is 0.0914 e. The average Bonchev–Trinajstić information content (AvgIpc) is 2.96. The van der Waals surface area contributed by atoms with E-state index in [4.69, 9.17) is 17.3 Å². The Kier molecular flexibility index (Phi) is 15.2. The third-order valence-corrected chi connectivity index (χ3v) is 7.08. The van der Waals surface area contributed by atoms with E-state index in [9.17, 15) is 5.11 Å². The fourth-order valence-corrected chi connectivity index (χ4v) is 4.79. The van der Waals surface area contributed by atoms with Gasteiger partial charge in [-0.3, -0.25) is 4.90 Å². The van der Waals surface area contributed by atoms with Gasteiger partial charge in [0.2, 0.25) is 0 Å². The van der Waals surface area contributed by atoms with E-state index >= 15 is 0 Å². The molecular weight excluding hydrogens is 508 g/mol. The largest absolute Gasteiger partial charge is 0.387 e. The third-order valence-electron chi connectivity index (χ3n) is 6.85. The number of aliphatic hydroxyl groups excluding tert-OH is 1. The topological polar surface area (TPSA) is 97.6 Å². The first-order valence-corrected chi connectivity index (χ1v) is 14.6. The molecule has 1 aliphatic carbocycles. The molecule has 2 atom stereocenters. The molecule has 214 valence electrons. The molecular formula is C31H47ClN6O. The molecule has 7 nitrogen and oxygen atoms in total. The number of benzene rings is 1. The van der Waals surface area contributed by atoms with Gasteiger partial charge in [0.1, 0.15) is 0 Å². The molecule has 0 saturated carbocycles. The van der Waals surface area contributed by atoms with Gasteiger partial charge >= 0.3 is 0 Å². The highest BCUT2D eigenvalue weighted by atomic mass is 35.5. The van der Waals surface area contributed by atoms with Crippen molar-refractivity contribution in [1.29, 1.82) is 0 Å². The smallest absolute Gasteiger partial charge is 0.0914 e. The molecule has 1 aromatic carbocycles. The van der Waals surface area contributed by atoms with Crippen LogP contribution in [-0.4, -0.2) is 82.0 Å². The van der Waals surface area contributed by atoms with E-state index in [1.165, 1.54) is 11.3 Å². The SMILES string of the molecule is NC/C=C\CCNCCN(CCNCC1=CC=CCN1)CC1=CCC(CNCC(O)c2cccc(Cl)c2)C=C1. The van der Waals surface area contributed by atoms with Gasteiger partial charge in [-0.25, -0.2) is 0 Å². The minimum atomic E-state index is -0.559. The number of hydrogen-bond acceptors (Lipinski definition) is 7. The predicted octanol–water partition coefficient (Wildman–Crippen LogP) is 2.90. The van der Waals surface area contributed by atoms with E-state index in [0.717, 1.165) is 77.3 Å². The maximum atomic E-state index is 10.4. The summed E-state index contributed by atoms with van der Waals surface area (Å²) in [6.45, 7) is 9.56. The molecule has 0 bridgehead atoms. The zero-order chi connectivity index (χ0) is 27.5. The Hall–Kier alpha value is -2.23. The van der Waals surface area contributed by atoms with Gasteiger partial charge in [-0.15, -0.1) is 0 Å². The Balaban J connectivity index is 1.38. The lowest BCUT2D eigenvalue weighted by molar-refractivity contribution is 0.173. The van der Waals surface area contributed by atoms with E-state index < -0.39 is 6.10 Å². The molecule has 0 radical (unpaired) electrons. The van der Waals surface area contributed by atoms with Crippen LogP contribution < -0.4 is 27.0 Å². The van der Waals surface area contributed by atoms with Gasteiger partial charge in [-0.1, -0.05) is 66.3 Å². The Morgan fingerprint density at radius 2 is 2.03 bits per heavy atom. The molecule has 1 aromatic rings. The second-order valence-corrected chi connectivity index (χ2v) is 10.5. The highest BCUT2D eigenvalue weighted by molar-refractivity contribution is 6.30. The molecule has 2 aliphatic rings. The van der Waals surface area contributed by atoms with Crippen molar-refractivity contribution in [3.63, 3.8) is 0 Å². The van der Waals surface area contributed by atoms with Gasteiger partial charge in [0.15, 0.2) is 0 Å². The highest BCUT2D eigenvalue weighted by Crippen LogP contribution is 2.19. The molecule has 0 saturated heterocycles. The first-order chi connectivity index (χ1) is 19.1. The number of rotatable bonds is 19. The van der Waals surface area contributed by atoms with Crippen molar-refractivity contribution in [3.05, 3.63) is 94.7 Å². The van der Waals surface area contributed by atoms with E-state index in [2.05, 4.69) is 68.7 Å². The number of dihydropyridines is 1. The lowest BCUT2D eigenvalue weighted by atomic mass is 9.96. The monoisotopic (exact) mass is 554 g/mol. The maximum absolute atomic E-state index is 10.4. The molecule has 3 rings (SSSR count). The molecule has 0 fully saturated rings. The van der Waals surface area contributed by atoms with Crippen LogP contribution in [0.5, 0.6) is 0 Å². The molecule has 2 unspecified atom stereocenters. The van der Waals surface area contributed by atoms with Crippen molar-refractivity contribution in [2.45, 2.75) is 18.9 Å². The van der Waals surface area contributed by atoms with Gasteiger partial charge in [-0.05, 0) is 54.6 Å². The fourth-order valence-electron chi connectivity index (χ4n) is 4.59. The van der Waals surface area contributed by atoms with Crippen LogP contribution in [0.3, 0.4) is 0 Å². The summed E-state index contributed by atoms with van der Waals surface area (Å²) in [5.41, 5.74) is 8.98. The average molecular weight is 555 g/mol. The van der Waals surface area contributed by atoms with Crippen LogP contribution in [0.2, 0.25) is 5.02 Å². The number of halogens is 1. The number of hydrogen-bond donors (Lipinski definition) is 6. The van der Waals surface area contributed by atoms with Crippen molar-refractivity contribution in [2.75, 3.05) is 72.0 Å². The predicted molar refractivity (Wildman–Crippen MR) is 165 cm³/mol. The molecule has 0 spiro atoms. The summed E-state index contributed by atoms with van der Waals surface area (Å²) in [7, 11) is 0. The van der Waals surface area contributed by atoms with Gasteiger partial charge in [0.25, 0.3) is 0 Å². The summed E-state index contributed by atoms with van der Waals surface area (Å²) in [4.78, 5) is 2.52. The van der Waals surface area contributed by atoms with Crippen LogP contribution in [0.4, 0.5) is 0 Å². The van der Waals surface area contributed by atoms with E-state index in [1.54, 1.807) is 0 Å². The number of aliphatic hydroxyl groups is 1. The number of allylic oxidation sites excluding steroid dienone is 3. The molecule has 39 heavy (non-hydrogen) atoms. The zero-order valence-electron chi connectivity index (χ0n) is 23.1. The summed E-state index contributed by atoms with van der Waals surface area (Å²) >= 11 is 6.05. The van der Waals surface area contributed by atoms with Crippen molar-refractivity contribution < 1.29 is 5.11 Å². The number of nitrogens with zero attached hydrogens (tertiary/aromatic N) is 1. The van der Waals surface area contributed by atoms with E-state index in [0.29, 0.717) is 24.0 Å². The molecule has 7 N–H and O–H groups in total. The minimum Gasteiger partial charge on any atom is -0.387 e. The van der Waals surface area contributed by atoms with Gasteiger partial charge in [0.05, 0.1) is 6.10 Å². The summed E-state index contributed by atoms with van der Waals surface area (Å²) < 4.78 is 0. The van der Waals surface area contributed by atoms with Crippen LogP contribution >= 0.6 is 11.6 Å². The summed E-state index contributed by atoms with van der Waals surface area (Å²) in [5, 5.41) is 25.0. The van der Waals surface area contributed by atoms with E-state index in [1.807, 2.05) is 30.3 Å². The Morgan fingerprint density at radius 1 is 1.15 bits per heavy atom. The molecule has 1 heterocycles. The lowest BCUT2D eigenvalue weighted by Crippen LogP contribution is -2.39. The van der Waals surface area contributed by atoms with Crippen LogP contribution in [0.25, 0.3) is 0 Å². The Labute approximate surface area is 239 Å². The first kappa shape index (κ1) is 31.3. The second-order valence-electron chi connectivity index (χ2n) is 10.1. The lowest BCUT2D eigenvalue weighted by Gasteiger charge is -2.25. The standard InChI is InChI=1S/C31H47ClN6O/c32-29-8-6-7-28(21-29)31(39)24-36-22-26-10-12-27(13-11-26)25-38(19-17-34-15-4-1-3-14-33)20-18-35-23-30-9-2-5-16-37-30/h1-3,5-10,12-13,21,26,31,34-37,39H,4,11,14-20,22-25,33H2/b3-1-. The van der Waals surface area contributed by atoms with Crippen molar-refractivity contribution in [2.24, 2.45) is 11.7 Å². The van der Waals surface area contributed by atoms with Gasteiger partial charge in [-0.2, -0.15) is 0 Å². The summed E-state index contributed by atoms with van der Waals surface area (Å²) in [6.07, 6.45) is 18.9. The van der Waals surface area contributed by atoms with E-state index in [-0.39, 0.29) is 0 Å². The van der Waals surface area contributed by atoms with Crippen molar-refractivity contribution in [3.8, 4) is 0 Å². The van der Waals surface area contributed by atoms with Crippen LogP contribution in [0.1, 0.15) is 24.5 Å². The van der Waals surface area contributed by atoms with Gasteiger partial charge in [0, 0.05) is 76.2 Å².